The van der Waals surface area contributed by atoms with Gasteiger partial charge in [0.1, 0.15) is 0 Å². The summed E-state index contributed by atoms with van der Waals surface area (Å²) >= 11 is 0. The Bertz CT molecular complexity index is 1030. The lowest BCUT2D eigenvalue weighted by Gasteiger charge is -2.17. The van der Waals surface area contributed by atoms with Crippen molar-refractivity contribution in [3.8, 4) is 0 Å². The molecule has 30 heavy (non-hydrogen) atoms. The molecule has 0 unspecified atom stereocenters. The third kappa shape index (κ3) is 5.31. The van der Waals surface area contributed by atoms with Crippen LogP contribution in [0.5, 0.6) is 0 Å². The van der Waals surface area contributed by atoms with Crippen LogP contribution in [0.3, 0.4) is 0 Å². The first kappa shape index (κ1) is 21.2. The van der Waals surface area contributed by atoms with E-state index in [1.807, 2.05) is 24.3 Å². The molecule has 2 amide bonds. The van der Waals surface area contributed by atoms with Gasteiger partial charge in [0.2, 0.25) is 5.91 Å². The van der Waals surface area contributed by atoms with Gasteiger partial charge in [0, 0.05) is 30.2 Å². The van der Waals surface area contributed by atoms with Gasteiger partial charge in [-0.05, 0) is 35.7 Å². The fraction of sp³-hybridized carbons (Fsp3) is 0.238. The van der Waals surface area contributed by atoms with E-state index in [4.69, 9.17) is 5.11 Å². The molecule has 0 saturated carbocycles. The number of hydrogen-bond acceptors (Lipinski definition) is 2. The van der Waals surface area contributed by atoms with Crippen LogP contribution in [0.25, 0.3) is 10.9 Å². The quantitative estimate of drug-likeness (QED) is 0.467. The Balaban J connectivity index is 1.68. The van der Waals surface area contributed by atoms with Crippen LogP contribution in [0, 0.1) is 5.92 Å². The van der Waals surface area contributed by atoms with E-state index in [9.17, 15) is 22.8 Å². The van der Waals surface area contributed by atoms with Crippen LogP contribution in [0.15, 0.2) is 54.7 Å². The van der Waals surface area contributed by atoms with Crippen LogP contribution in [0.1, 0.15) is 16.7 Å². The summed E-state index contributed by atoms with van der Waals surface area (Å²) in [5.41, 5.74) is 1.52. The van der Waals surface area contributed by atoms with E-state index in [0.29, 0.717) is 12.0 Å². The molecule has 3 aromatic rings. The number of amides is 2. The second-order valence-corrected chi connectivity index (χ2v) is 6.86. The van der Waals surface area contributed by atoms with Gasteiger partial charge in [-0.1, -0.05) is 30.3 Å². The summed E-state index contributed by atoms with van der Waals surface area (Å²) < 4.78 is 38.0. The maximum atomic E-state index is 12.7. The molecule has 0 spiro atoms. The molecular formula is C21H20F3N3O3. The molecule has 158 valence electrons. The van der Waals surface area contributed by atoms with E-state index >= 15 is 0 Å². The zero-order valence-corrected chi connectivity index (χ0v) is 15.8. The minimum atomic E-state index is -4.42. The number of benzene rings is 2. The van der Waals surface area contributed by atoms with Gasteiger partial charge in [0.15, 0.2) is 0 Å². The van der Waals surface area contributed by atoms with E-state index in [1.165, 1.54) is 12.1 Å². The highest BCUT2D eigenvalue weighted by Gasteiger charge is 2.30. The Morgan fingerprint density at radius 2 is 1.73 bits per heavy atom. The van der Waals surface area contributed by atoms with Crippen molar-refractivity contribution in [2.75, 3.05) is 6.54 Å². The van der Waals surface area contributed by atoms with Gasteiger partial charge in [0.05, 0.1) is 11.5 Å². The first-order valence-electron chi connectivity index (χ1n) is 9.19. The molecule has 0 radical (unpaired) electrons. The third-order valence-corrected chi connectivity index (χ3v) is 4.76. The monoisotopic (exact) mass is 419 g/mol. The molecule has 0 aliphatic rings. The number of aromatic amines is 1. The highest BCUT2D eigenvalue weighted by atomic mass is 19.4. The Morgan fingerprint density at radius 1 is 1.03 bits per heavy atom. The minimum Gasteiger partial charge on any atom is -0.465 e. The molecule has 1 aromatic heterocycles. The normalized spacial score (nSPS) is 12.5. The zero-order valence-electron chi connectivity index (χ0n) is 15.8. The number of carbonyl (C=O) groups excluding carboxylic acids is 1. The van der Waals surface area contributed by atoms with Crippen LogP contribution >= 0.6 is 0 Å². The molecule has 0 bridgehead atoms. The van der Waals surface area contributed by atoms with Gasteiger partial charge in [-0.15, -0.1) is 0 Å². The fourth-order valence-electron chi connectivity index (χ4n) is 3.18. The summed E-state index contributed by atoms with van der Waals surface area (Å²) in [7, 11) is 0. The number of nitrogens with one attached hydrogen (secondary N) is 3. The van der Waals surface area contributed by atoms with Crippen molar-refractivity contribution < 1.29 is 27.9 Å². The van der Waals surface area contributed by atoms with Crippen molar-refractivity contribution in [1.82, 2.24) is 15.6 Å². The zero-order chi connectivity index (χ0) is 21.7. The van der Waals surface area contributed by atoms with Crippen LogP contribution < -0.4 is 10.6 Å². The van der Waals surface area contributed by atoms with Crippen molar-refractivity contribution >= 4 is 22.9 Å². The van der Waals surface area contributed by atoms with Crippen molar-refractivity contribution in [3.05, 3.63) is 71.4 Å². The molecule has 6 nitrogen and oxygen atoms in total. The molecule has 1 atom stereocenters. The van der Waals surface area contributed by atoms with Crippen molar-refractivity contribution in [1.29, 1.82) is 0 Å². The Kier molecular flexibility index (Phi) is 6.29. The largest absolute Gasteiger partial charge is 0.465 e. The lowest BCUT2D eigenvalue weighted by atomic mass is 9.97. The summed E-state index contributed by atoms with van der Waals surface area (Å²) in [6.45, 7) is -0.0535. The summed E-state index contributed by atoms with van der Waals surface area (Å²) in [6.07, 6.45) is -3.59. The molecule has 2 aromatic carbocycles. The summed E-state index contributed by atoms with van der Waals surface area (Å²) in [5, 5.41) is 14.7. The number of halogens is 3. The van der Waals surface area contributed by atoms with E-state index in [1.54, 1.807) is 6.20 Å². The summed E-state index contributed by atoms with van der Waals surface area (Å²) in [6, 6.07) is 12.1. The molecule has 0 aliphatic carbocycles. The number of carboxylic acid groups (broad SMARTS) is 1. The number of para-hydroxylation sites is 1. The molecule has 0 aliphatic heterocycles. The predicted molar refractivity (Wildman–Crippen MR) is 105 cm³/mol. The van der Waals surface area contributed by atoms with Gasteiger partial charge >= 0.3 is 12.3 Å². The van der Waals surface area contributed by atoms with Crippen LogP contribution in [0.2, 0.25) is 0 Å². The maximum Gasteiger partial charge on any atom is 0.416 e. The van der Waals surface area contributed by atoms with Crippen molar-refractivity contribution in [2.45, 2.75) is 19.1 Å². The standard InChI is InChI=1S/C21H20F3N3O3/c22-21(23,24)16-7-5-13(6-8-16)10-26-19(28)15(12-27-20(29)30)9-14-11-25-18-4-2-1-3-17(14)18/h1-8,11,15,25,27H,9-10,12H2,(H,26,28)(H,29,30)/t15-/m0/s1. The number of H-pyrrole nitrogens is 1. The number of fused-ring (bicyclic) bond motifs is 1. The van der Waals surface area contributed by atoms with Gasteiger partial charge in [-0.3, -0.25) is 4.79 Å². The molecule has 0 saturated heterocycles. The first-order valence-corrected chi connectivity index (χ1v) is 9.19. The average molecular weight is 419 g/mol. The lowest BCUT2D eigenvalue weighted by Crippen LogP contribution is -2.39. The highest BCUT2D eigenvalue weighted by Crippen LogP contribution is 2.29. The van der Waals surface area contributed by atoms with E-state index in [-0.39, 0.29) is 13.1 Å². The van der Waals surface area contributed by atoms with Crippen LogP contribution in [-0.4, -0.2) is 28.6 Å². The van der Waals surface area contributed by atoms with E-state index < -0.39 is 29.7 Å². The number of hydrogen-bond donors (Lipinski definition) is 4. The topological polar surface area (TPSA) is 94.2 Å². The summed E-state index contributed by atoms with van der Waals surface area (Å²) in [5.74, 6) is -1.08. The molecule has 4 N–H and O–H groups in total. The third-order valence-electron chi connectivity index (χ3n) is 4.76. The molecule has 0 fully saturated rings. The predicted octanol–water partition coefficient (Wildman–Crippen LogP) is 3.93. The molecule has 3 rings (SSSR count). The second-order valence-electron chi connectivity index (χ2n) is 6.86. The second kappa shape index (κ2) is 8.89. The number of aromatic nitrogens is 1. The number of rotatable bonds is 7. The smallest absolute Gasteiger partial charge is 0.416 e. The Morgan fingerprint density at radius 3 is 2.40 bits per heavy atom. The fourth-order valence-corrected chi connectivity index (χ4v) is 3.18. The maximum absolute atomic E-state index is 12.7. The van der Waals surface area contributed by atoms with Crippen molar-refractivity contribution in [3.63, 3.8) is 0 Å². The first-order chi connectivity index (χ1) is 14.2. The average Bonchev–Trinajstić information content (AvgIpc) is 3.11. The summed E-state index contributed by atoms with van der Waals surface area (Å²) in [4.78, 5) is 26.7. The Labute approximate surface area is 170 Å². The van der Waals surface area contributed by atoms with E-state index in [0.717, 1.165) is 28.6 Å². The molecule has 9 heteroatoms. The van der Waals surface area contributed by atoms with Crippen LogP contribution in [0.4, 0.5) is 18.0 Å². The SMILES string of the molecule is O=C(O)NC[C@H](Cc1c[nH]c2ccccc12)C(=O)NCc1ccc(C(F)(F)F)cc1. The van der Waals surface area contributed by atoms with Crippen LogP contribution in [-0.2, 0) is 23.9 Å². The highest BCUT2D eigenvalue weighted by molar-refractivity contribution is 5.85. The lowest BCUT2D eigenvalue weighted by molar-refractivity contribution is -0.137. The molecular weight excluding hydrogens is 399 g/mol. The number of carbonyl (C=O) groups is 2. The van der Waals surface area contributed by atoms with Gasteiger partial charge in [0.25, 0.3) is 0 Å². The minimum absolute atomic E-state index is 0.0361. The number of alkyl halides is 3. The van der Waals surface area contributed by atoms with Gasteiger partial charge in [-0.25, -0.2) is 4.79 Å². The van der Waals surface area contributed by atoms with Gasteiger partial charge < -0.3 is 20.7 Å². The Hall–Kier alpha value is -3.49. The molecule has 1 heterocycles. The van der Waals surface area contributed by atoms with Gasteiger partial charge in [-0.2, -0.15) is 13.2 Å². The van der Waals surface area contributed by atoms with Crippen molar-refractivity contribution in [2.24, 2.45) is 5.92 Å². The van der Waals surface area contributed by atoms with E-state index in [2.05, 4.69) is 15.6 Å².